The van der Waals surface area contributed by atoms with Gasteiger partial charge in [-0.05, 0) is 30.3 Å². The summed E-state index contributed by atoms with van der Waals surface area (Å²) in [4.78, 5) is 29.9. The molecule has 1 aromatic carbocycles. The van der Waals surface area contributed by atoms with Crippen molar-refractivity contribution in [3.63, 3.8) is 0 Å². The average molecular weight is 440 g/mol. The summed E-state index contributed by atoms with van der Waals surface area (Å²) in [6.07, 6.45) is 0. The molecule has 0 unspecified atom stereocenters. The SMILES string of the molecule is CC(=O)NCc1ccc(-c2csc(NC(=O)CSc3ccc(F)c(F)c3)n2)s1. The molecule has 0 bridgehead atoms. The summed E-state index contributed by atoms with van der Waals surface area (Å²) in [6.45, 7) is 1.93. The molecule has 5 nitrogen and oxygen atoms in total. The van der Waals surface area contributed by atoms with Gasteiger partial charge in [0, 0.05) is 22.1 Å². The predicted molar refractivity (Wildman–Crippen MR) is 109 cm³/mol. The van der Waals surface area contributed by atoms with E-state index in [1.807, 2.05) is 17.5 Å². The number of thioether (sulfide) groups is 1. The Kier molecular flexibility index (Phi) is 6.76. The minimum atomic E-state index is -0.941. The number of rotatable bonds is 7. The third-order valence-electron chi connectivity index (χ3n) is 3.44. The average Bonchev–Trinajstić information content (AvgIpc) is 3.30. The number of hydrogen-bond acceptors (Lipinski definition) is 6. The van der Waals surface area contributed by atoms with Crippen LogP contribution in [0.1, 0.15) is 11.8 Å². The molecule has 28 heavy (non-hydrogen) atoms. The molecular formula is C18H15F2N3O2S3. The molecule has 0 radical (unpaired) electrons. The van der Waals surface area contributed by atoms with Crippen LogP contribution in [-0.2, 0) is 16.1 Å². The quantitative estimate of drug-likeness (QED) is 0.531. The van der Waals surface area contributed by atoms with Crippen molar-refractivity contribution in [2.24, 2.45) is 0 Å². The molecule has 0 atom stereocenters. The molecule has 0 saturated heterocycles. The van der Waals surface area contributed by atoms with E-state index in [0.29, 0.717) is 16.6 Å². The van der Waals surface area contributed by atoms with Crippen molar-refractivity contribution in [3.8, 4) is 10.6 Å². The number of nitrogens with one attached hydrogen (secondary N) is 2. The van der Waals surface area contributed by atoms with Gasteiger partial charge in [-0.3, -0.25) is 9.59 Å². The molecule has 0 aliphatic carbocycles. The number of aromatic nitrogens is 1. The van der Waals surface area contributed by atoms with Crippen molar-refractivity contribution >= 4 is 51.4 Å². The van der Waals surface area contributed by atoms with E-state index in [1.165, 1.54) is 35.7 Å². The van der Waals surface area contributed by atoms with E-state index in [4.69, 9.17) is 0 Å². The number of hydrogen-bond donors (Lipinski definition) is 2. The number of anilines is 1. The number of benzene rings is 1. The normalized spacial score (nSPS) is 10.7. The van der Waals surface area contributed by atoms with Gasteiger partial charge in [0.15, 0.2) is 16.8 Å². The molecule has 2 amide bonds. The Balaban J connectivity index is 1.54. The first-order valence-electron chi connectivity index (χ1n) is 8.07. The van der Waals surface area contributed by atoms with Crippen LogP contribution in [0.25, 0.3) is 10.6 Å². The summed E-state index contributed by atoms with van der Waals surface area (Å²) < 4.78 is 26.1. The van der Waals surface area contributed by atoms with Crippen molar-refractivity contribution in [2.75, 3.05) is 11.1 Å². The van der Waals surface area contributed by atoms with E-state index in [0.717, 1.165) is 39.3 Å². The monoisotopic (exact) mass is 439 g/mol. The molecule has 0 saturated carbocycles. The maximum Gasteiger partial charge on any atom is 0.236 e. The van der Waals surface area contributed by atoms with Crippen molar-refractivity contribution < 1.29 is 18.4 Å². The fourth-order valence-electron chi connectivity index (χ4n) is 2.14. The summed E-state index contributed by atoms with van der Waals surface area (Å²) in [6, 6.07) is 7.36. The summed E-state index contributed by atoms with van der Waals surface area (Å²) in [5, 5.41) is 7.74. The molecule has 2 heterocycles. The molecule has 2 aromatic heterocycles. The van der Waals surface area contributed by atoms with Gasteiger partial charge in [0.05, 0.1) is 22.9 Å². The van der Waals surface area contributed by atoms with Crippen molar-refractivity contribution in [3.05, 3.63) is 52.2 Å². The second-order valence-electron chi connectivity index (χ2n) is 5.63. The predicted octanol–water partition coefficient (Wildman–Crippen LogP) is 4.52. The molecule has 0 aliphatic rings. The minimum absolute atomic E-state index is 0.0554. The van der Waals surface area contributed by atoms with Crippen molar-refractivity contribution in [1.29, 1.82) is 0 Å². The van der Waals surface area contributed by atoms with Gasteiger partial charge in [-0.2, -0.15) is 0 Å². The van der Waals surface area contributed by atoms with Crippen LogP contribution in [0.2, 0.25) is 0 Å². The third-order valence-corrected chi connectivity index (χ3v) is 6.30. The van der Waals surface area contributed by atoms with E-state index in [1.54, 1.807) is 0 Å². The Labute approximate surface area is 172 Å². The fraction of sp³-hybridized carbons (Fsp3) is 0.167. The van der Waals surface area contributed by atoms with E-state index >= 15 is 0 Å². The van der Waals surface area contributed by atoms with Crippen LogP contribution in [-0.4, -0.2) is 22.6 Å². The zero-order chi connectivity index (χ0) is 20.1. The maximum atomic E-state index is 13.2. The molecule has 146 valence electrons. The zero-order valence-electron chi connectivity index (χ0n) is 14.6. The molecule has 0 fully saturated rings. The maximum absolute atomic E-state index is 13.2. The van der Waals surface area contributed by atoms with Crippen LogP contribution in [0.3, 0.4) is 0 Å². The molecule has 0 spiro atoms. The summed E-state index contributed by atoms with van der Waals surface area (Å²) in [5.74, 6) is -2.18. The van der Waals surface area contributed by atoms with Crippen LogP contribution >= 0.6 is 34.4 Å². The van der Waals surface area contributed by atoms with Gasteiger partial charge < -0.3 is 10.6 Å². The zero-order valence-corrected chi connectivity index (χ0v) is 17.1. The number of nitrogens with zero attached hydrogens (tertiary/aromatic N) is 1. The standard InChI is InChI=1S/C18H15F2N3O2S3/c1-10(24)21-7-12-3-5-16(28-12)15-8-27-18(22-15)23-17(25)9-26-11-2-4-13(19)14(20)6-11/h2-6,8H,7,9H2,1H3,(H,21,24)(H,22,23,25). The van der Waals surface area contributed by atoms with Crippen LogP contribution in [0.15, 0.2) is 40.6 Å². The Morgan fingerprint density at radius 1 is 1.18 bits per heavy atom. The first-order chi connectivity index (χ1) is 13.4. The number of thiazole rings is 1. The number of halogens is 2. The Hall–Kier alpha value is -2.30. The molecule has 2 N–H and O–H groups in total. The van der Waals surface area contributed by atoms with Crippen LogP contribution in [0.4, 0.5) is 13.9 Å². The molecule has 0 aliphatic heterocycles. The van der Waals surface area contributed by atoms with Crippen LogP contribution < -0.4 is 10.6 Å². The Bertz CT molecular complexity index is 1000. The first kappa shape index (κ1) is 20.4. The minimum Gasteiger partial charge on any atom is -0.351 e. The van der Waals surface area contributed by atoms with Crippen LogP contribution in [0, 0.1) is 11.6 Å². The summed E-state index contributed by atoms with van der Waals surface area (Å²) in [5.41, 5.74) is 0.743. The number of amides is 2. The fourth-order valence-corrected chi connectivity index (χ4v) is 4.57. The van der Waals surface area contributed by atoms with Crippen LogP contribution in [0.5, 0.6) is 0 Å². The van der Waals surface area contributed by atoms with Gasteiger partial charge in [-0.25, -0.2) is 13.8 Å². The Morgan fingerprint density at radius 2 is 2.00 bits per heavy atom. The highest BCUT2D eigenvalue weighted by atomic mass is 32.2. The summed E-state index contributed by atoms with van der Waals surface area (Å²) in [7, 11) is 0. The van der Waals surface area contributed by atoms with Gasteiger partial charge in [0.2, 0.25) is 11.8 Å². The van der Waals surface area contributed by atoms with Gasteiger partial charge in [-0.1, -0.05) is 0 Å². The number of carbonyl (C=O) groups is 2. The lowest BCUT2D eigenvalue weighted by atomic mass is 10.3. The molecule has 3 rings (SSSR count). The largest absolute Gasteiger partial charge is 0.351 e. The second kappa shape index (κ2) is 9.26. The van der Waals surface area contributed by atoms with Gasteiger partial charge in [0.25, 0.3) is 0 Å². The van der Waals surface area contributed by atoms with Gasteiger partial charge in [0.1, 0.15) is 0 Å². The lowest BCUT2D eigenvalue weighted by molar-refractivity contribution is -0.119. The molecule has 10 heteroatoms. The van der Waals surface area contributed by atoms with E-state index in [9.17, 15) is 18.4 Å². The highest BCUT2D eigenvalue weighted by Gasteiger charge is 2.11. The Morgan fingerprint density at radius 3 is 2.75 bits per heavy atom. The third kappa shape index (κ3) is 5.60. The highest BCUT2D eigenvalue weighted by Crippen LogP contribution is 2.31. The highest BCUT2D eigenvalue weighted by molar-refractivity contribution is 8.00. The lowest BCUT2D eigenvalue weighted by Crippen LogP contribution is -2.17. The second-order valence-corrected chi connectivity index (χ2v) is 8.70. The lowest BCUT2D eigenvalue weighted by Gasteiger charge is -2.03. The van der Waals surface area contributed by atoms with E-state index < -0.39 is 11.6 Å². The first-order valence-corrected chi connectivity index (χ1v) is 10.8. The number of thiophene rings is 1. The van der Waals surface area contributed by atoms with E-state index in [-0.39, 0.29) is 17.6 Å². The topological polar surface area (TPSA) is 71.1 Å². The molecular weight excluding hydrogens is 424 g/mol. The number of carbonyl (C=O) groups excluding carboxylic acids is 2. The van der Waals surface area contributed by atoms with Gasteiger partial charge >= 0.3 is 0 Å². The smallest absolute Gasteiger partial charge is 0.236 e. The van der Waals surface area contributed by atoms with Gasteiger partial charge in [-0.15, -0.1) is 34.4 Å². The molecule has 3 aromatic rings. The van der Waals surface area contributed by atoms with E-state index in [2.05, 4.69) is 15.6 Å². The van der Waals surface area contributed by atoms with Crippen molar-refractivity contribution in [2.45, 2.75) is 18.4 Å². The summed E-state index contributed by atoms with van der Waals surface area (Å²) >= 11 is 3.93. The van der Waals surface area contributed by atoms with Crippen molar-refractivity contribution in [1.82, 2.24) is 10.3 Å².